The first-order valence-electron chi connectivity index (χ1n) is 19.7. The second-order valence-electron chi connectivity index (χ2n) is 15.8. The van der Waals surface area contributed by atoms with Crippen molar-refractivity contribution >= 4 is 35.0 Å². The lowest BCUT2D eigenvalue weighted by Crippen LogP contribution is -2.61. The molecule has 1 aromatic carbocycles. The molecule has 1 aliphatic heterocycles. The standard InChI is InChI=1S/C41H64N6O6S/c1-9-27(4)35(46(6)39(50)34(26(2)3)45-40(51)41(42)19-13-14-20-41)32(52-7)25-33(48)47-22-15-18-31(47)36(53-8)28(5)37(49)44-30(38-43-21-23-54-38)24-29-16-11-10-12-17-29/h10-12,16-17,21,23,26-28,30-32,34-36H,9,13-15,18-20,22,24-25,42H2,1-8H3,(H,44,49)(H,45,51). The number of aromatic nitrogens is 1. The van der Waals surface area contributed by atoms with E-state index in [0.717, 1.165) is 36.3 Å². The Morgan fingerprint density at radius 3 is 2.30 bits per heavy atom. The lowest BCUT2D eigenvalue weighted by molar-refractivity contribution is -0.148. The number of nitrogens with one attached hydrogen (secondary N) is 2. The molecule has 8 atom stereocenters. The van der Waals surface area contributed by atoms with Crippen LogP contribution in [0.3, 0.4) is 0 Å². The number of carbonyl (C=O) groups is 4. The van der Waals surface area contributed by atoms with Crippen LogP contribution in [0.4, 0.5) is 0 Å². The first-order chi connectivity index (χ1) is 25.8. The number of hydrogen-bond acceptors (Lipinski definition) is 9. The van der Waals surface area contributed by atoms with Crippen molar-refractivity contribution in [2.45, 2.75) is 134 Å². The minimum Gasteiger partial charge on any atom is -0.379 e. The zero-order valence-electron chi connectivity index (χ0n) is 33.6. The van der Waals surface area contributed by atoms with Gasteiger partial charge in [0.1, 0.15) is 11.0 Å². The smallest absolute Gasteiger partial charge is 0.245 e. The molecule has 12 nitrogen and oxygen atoms in total. The summed E-state index contributed by atoms with van der Waals surface area (Å²) in [6.07, 6.45) is 6.45. The minimum atomic E-state index is -0.959. The molecule has 0 radical (unpaired) electrons. The second kappa shape index (κ2) is 20.0. The minimum absolute atomic E-state index is 0.0117. The molecule has 2 heterocycles. The number of carbonyl (C=O) groups excluding carboxylic acids is 4. The summed E-state index contributed by atoms with van der Waals surface area (Å²) in [6, 6.07) is 8.18. The lowest BCUT2D eigenvalue weighted by Gasteiger charge is -2.41. The van der Waals surface area contributed by atoms with Gasteiger partial charge in [0.05, 0.1) is 48.2 Å². The van der Waals surface area contributed by atoms with E-state index in [1.54, 1.807) is 32.4 Å². The molecule has 8 unspecified atom stereocenters. The molecule has 54 heavy (non-hydrogen) atoms. The predicted molar refractivity (Wildman–Crippen MR) is 211 cm³/mol. The van der Waals surface area contributed by atoms with Gasteiger partial charge in [-0.15, -0.1) is 11.3 Å². The van der Waals surface area contributed by atoms with E-state index in [2.05, 4.69) is 29.5 Å². The van der Waals surface area contributed by atoms with Crippen molar-refractivity contribution < 1.29 is 28.7 Å². The van der Waals surface area contributed by atoms with Gasteiger partial charge in [-0.2, -0.15) is 0 Å². The summed E-state index contributed by atoms with van der Waals surface area (Å²) in [4.78, 5) is 63.7. The third-order valence-corrected chi connectivity index (χ3v) is 12.7. The number of hydrogen-bond donors (Lipinski definition) is 3. The van der Waals surface area contributed by atoms with Crippen molar-refractivity contribution in [3.8, 4) is 0 Å². The summed E-state index contributed by atoms with van der Waals surface area (Å²) in [6.45, 7) is 10.3. The van der Waals surface area contributed by atoms with Crippen molar-refractivity contribution in [1.29, 1.82) is 0 Å². The molecule has 1 saturated heterocycles. The van der Waals surface area contributed by atoms with Crippen LogP contribution in [0.25, 0.3) is 0 Å². The van der Waals surface area contributed by atoms with Crippen molar-refractivity contribution in [3.63, 3.8) is 0 Å². The highest BCUT2D eigenvalue weighted by Gasteiger charge is 2.44. The Balaban J connectivity index is 1.47. The second-order valence-corrected chi connectivity index (χ2v) is 16.7. The summed E-state index contributed by atoms with van der Waals surface area (Å²) in [7, 11) is 4.91. The maximum atomic E-state index is 14.3. The molecule has 4 rings (SSSR count). The van der Waals surface area contributed by atoms with E-state index in [1.165, 1.54) is 11.3 Å². The summed E-state index contributed by atoms with van der Waals surface area (Å²) < 4.78 is 12.1. The van der Waals surface area contributed by atoms with Crippen LogP contribution < -0.4 is 16.4 Å². The van der Waals surface area contributed by atoms with Crippen LogP contribution in [0, 0.1) is 17.8 Å². The number of benzene rings is 1. The van der Waals surface area contributed by atoms with E-state index in [9.17, 15) is 19.2 Å². The Kier molecular flexibility index (Phi) is 16.0. The molecule has 1 aliphatic carbocycles. The fraction of sp³-hybridized carbons (Fsp3) is 0.683. The normalized spacial score (nSPS) is 20.8. The Bertz CT molecular complexity index is 1500. The van der Waals surface area contributed by atoms with Gasteiger partial charge in [0.25, 0.3) is 0 Å². The highest BCUT2D eigenvalue weighted by Crippen LogP contribution is 2.31. The van der Waals surface area contributed by atoms with Crippen LogP contribution in [0.2, 0.25) is 0 Å². The van der Waals surface area contributed by atoms with Gasteiger partial charge < -0.3 is 35.6 Å². The quantitative estimate of drug-likeness (QED) is 0.183. The molecule has 0 spiro atoms. The topological polar surface area (TPSA) is 156 Å². The first-order valence-corrected chi connectivity index (χ1v) is 20.6. The van der Waals surface area contributed by atoms with Crippen LogP contribution in [0.15, 0.2) is 41.9 Å². The largest absolute Gasteiger partial charge is 0.379 e. The number of thiazole rings is 1. The molecule has 13 heteroatoms. The number of amides is 4. The van der Waals surface area contributed by atoms with E-state index >= 15 is 0 Å². The zero-order chi connectivity index (χ0) is 39.6. The molecule has 300 valence electrons. The maximum Gasteiger partial charge on any atom is 0.245 e. The summed E-state index contributed by atoms with van der Waals surface area (Å²) in [5, 5.41) is 8.95. The number of nitrogens with two attached hydrogens (primary N) is 1. The zero-order valence-corrected chi connectivity index (χ0v) is 34.4. The number of likely N-dealkylation sites (N-methyl/N-ethyl adjacent to an activating group) is 1. The van der Waals surface area contributed by atoms with Crippen molar-refractivity contribution in [3.05, 3.63) is 52.5 Å². The molecule has 4 amide bonds. The number of nitrogens with zero attached hydrogens (tertiary/aromatic N) is 3. The number of methoxy groups -OCH3 is 2. The Morgan fingerprint density at radius 2 is 1.72 bits per heavy atom. The maximum absolute atomic E-state index is 14.3. The molecule has 2 aromatic rings. The summed E-state index contributed by atoms with van der Waals surface area (Å²) in [5.41, 5.74) is 6.59. The van der Waals surface area contributed by atoms with Crippen LogP contribution in [0.5, 0.6) is 0 Å². The van der Waals surface area contributed by atoms with E-state index in [1.807, 2.05) is 61.4 Å². The third-order valence-electron chi connectivity index (χ3n) is 11.8. The number of ether oxygens (including phenoxy) is 2. The van der Waals surface area contributed by atoms with E-state index < -0.39 is 35.7 Å². The molecule has 0 bridgehead atoms. The predicted octanol–water partition coefficient (Wildman–Crippen LogP) is 4.88. The van der Waals surface area contributed by atoms with Gasteiger partial charge in [-0.05, 0) is 49.5 Å². The van der Waals surface area contributed by atoms with E-state index in [4.69, 9.17) is 15.2 Å². The third kappa shape index (κ3) is 10.5. The highest BCUT2D eigenvalue weighted by atomic mass is 32.1. The molecular formula is C41H64N6O6S. The van der Waals surface area contributed by atoms with Crippen LogP contribution in [-0.4, -0.2) is 102 Å². The fourth-order valence-corrected chi connectivity index (χ4v) is 9.01. The van der Waals surface area contributed by atoms with Gasteiger partial charge in [-0.25, -0.2) is 4.98 Å². The number of likely N-dealkylation sites (tertiary alicyclic amines) is 1. The summed E-state index contributed by atoms with van der Waals surface area (Å²) >= 11 is 1.51. The monoisotopic (exact) mass is 768 g/mol. The SMILES string of the molecule is CCC(C)C(C(CC(=O)N1CCCC1C(OC)C(C)C(=O)NC(Cc1ccccc1)c1nccs1)OC)N(C)C(=O)C(NC(=O)C1(N)CCCC1)C(C)C. The van der Waals surface area contributed by atoms with Crippen LogP contribution in [0.1, 0.15) is 103 Å². The summed E-state index contributed by atoms with van der Waals surface area (Å²) in [5.74, 6) is -1.54. The Labute approximate surface area is 326 Å². The van der Waals surface area contributed by atoms with E-state index in [0.29, 0.717) is 32.2 Å². The van der Waals surface area contributed by atoms with Gasteiger partial charge in [0.2, 0.25) is 23.6 Å². The molecule has 4 N–H and O–H groups in total. The molecule has 1 saturated carbocycles. The van der Waals surface area contributed by atoms with Crippen LogP contribution >= 0.6 is 11.3 Å². The average molecular weight is 769 g/mol. The van der Waals surface area contributed by atoms with Gasteiger partial charge in [-0.1, -0.05) is 84.2 Å². The number of rotatable bonds is 19. The fourth-order valence-electron chi connectivity index (χ4n) is 8.32. The van der Waals surface area contributed by atoms with Gasteiger partial charge >= 0.3 is 0 Å². The Morgan fingerprint density at radius 1 is 1.04 bits per heavy atom. The van der Waals surface area contributed by atoms with Gasteiger partial charge in [0, 0.05) is 39.4 Å². The van der Waals surface area contributed by atoms with Gasteiger partial charge in [0.15, 0.2) is 0 Å². The molecular weight excluding hydrogens is 705 g/mol. The van der Waals surface area contributed by atoms with Crippen LogP contribution in [-0.2, 0) is 35.1 Å². The van der Waals surface area contributed by atoms with Crippen molar-refractivity contribution in [1.82, 2.24) is 25.4 Å². The molecule has 2 aliphatic rings. The first kappa shape index (κ1) is 43.3. The average Bonchev–Trinajstić information content (AvgIpc) is 3.97. The Hall–Kier alpha value is -3.39. The molecule has 2 fully saturated rings. The van der Waals surface area contributed by atoms with E-state index in [-0.39, 0.29) is 54.0 Å². The van der Waals surface area contributed by atoms with Crippen molar-refractivity contribution in [2.24, 2.45) is 23.5 Å². The van der Waals surface area contributed by atoms with Gasteiger partial charge in [-0.3, -0.25) is 19.2 Å². The highest BCUT2D eigenvalue weighted by molar-refractivity contribution is 7.09. The van der Waals surface area contributed by atoms with Crippen molar-refractivity contribution in [2.75, 3.05) is 27.8 Å². The molecule has 1 aromatic heterocycles. The lowest BCUT2D eigenvalue weighted by atomic mass is 9.89.